The molecule has 0 bridgehead atoms. The quantitative estimate of drug-likeness (QED) is 0.389. The van der Waals surface area contributed by atoms with E-state index in [-0.39, 0.29) is 11.5 Å². The van der Waals surface area contributed by atoms with Crippen LogP contribution in [0.4, 0.5) is 13.2 Å². The van der Waals surface area contributed by atoms with Crippen LogP contribution in [0.15, 0.2) is 77.6 Å². The summed E-state index contributed by atoms with van der Waals surface area (Å²) in [4.78, 5) is 17.7. The third-order valence-corrected chi connectivity index (χ3v) is 4.89. The fourth-order valence-corrected chi connectivity index (χ4v) is 3.31. The maximum absolute atomic E-state index is 13.2. The van der Waals surface area contributed by atoms with Crippen LogP contribution < -0.4 is 5.56 Å². The van der Waals surface area contributed by atoms with E-state index in [2.05, 4.69) is 4.98 Å². The van der Waals surface area contributed by atoms with Crippen molar-refractivity contribution in [1.82, 2.24) is 9.55 Å². The Labute approximate surface area is 174 Å². The molecule has 150 valence electrons. The summed E-state index contributed by atoms with van der Waals surface area (Å²) in [6, 6.07) is 18.4. The van der Waals surface area contributed by atoms with Crippen LogP contribution in [-0.4, -0.2) is 9.55 Å². The summed E-state index contributed by atoms with van der Waals surface area (Å²) in [6.45, 7) is 0. The fourth-order valence-electron chi connectivity index (χ4n) is 3.11. The summed E-state index contributed by atoms with van der Waals surface area (Å²) in [7, 11) is 0. The van der Waals surface area contributed by atoms with Crippen LogP contribution in [0.5, 0.6) is 0 Å². The van der Waals surface area contributed by atoms with Gasteiger partial charge in [0, 0.05) is 5.02 Å². The summed E-state index contributed by atoms with van der Waals surface area (Å²) in [6.07, 6.45) is -1.30. The van der Waals surface area contributed by atoms with Gasteiger partial charge in [0.05, 0.1) is 22.2 Å². The van der Waals surface area contributed by atoms with Gasteiger partial charge in [-0.15, -0.1) is 0 Å². The first-order chi connectivity index (χ1) is 14.3. The van der Waals surface area contributed by atoms with Crippen LogP contribution in [0.2, 0.25) is 5.02 Å². The number of rotatable bonds is 3. The van der Waals surface area contributed by atoms with Gasteiger partial charge in [-0.25, -0.2) is 4.98 Å². The molecule has 1 aromatic heterocycles. The lowest BCUT2D eigenvalue weighted by molar-refractivity contribution is -0.137. The summed E-state index contributed by atoms with van der Waals surface area (Å²) >= 11 is 6.18. The molecule has 4 rings (SSSR count). The van der Waals surface area contributed by atoms with Crippen LogP contribution >= 0.6 is 11.6 Å². The SMILES string of the molecule is O=c1c2ccccc2nc(C=Cc2ccccc2Cl)n1-c1cccc(C(F)(F)F)c1. The average molecular weight is 427 g/mol. The molecule has 0 aliphatic rings. The zero-order chi connectivity index (χ0) is 21.3. The van der Waals surface area contributed by atoms with Crippen LogP contribution in [-0.2, 0) is 6.18 Å². The van der Waals surface area contributed by atoms with Crippen LogP contribution in [0.25, 0.3) is 28.7 Å². The first kappa shape index (κ1) is 19.9. The first-order valence-electron chi connectivity index (χ1n) is 8.96. The molecule has 0 aliphatic carbocycles. The number of aromatic nitrogens is 2. The highest BCUT2D eigenvalue weighted by molar-refractivity contribution is 6.32. The number of fused-ring (bicyclic) bond motifs is 1. The van der Waals surface area contributed by atoms with Crippen molar-refractivity contribution in [2.45, 2.75) is 6.18 Å². The average Bonchev–Trinajstić information content (AvgIpc) is 2.73. The minimum atomic E-state index is -4.53. The number of alkyl halides is 3. The summed E-state index contributed by atoms with van der Waals surface area (Å²) in [5, 5.41) is 0.812. The third-order valence-electron chi connectivity index (χ3n) is 4.55. The van der Waals surface area contributed by atoms with Gasteiger partial charge in [0.15, 0.2) is 0 Å². The van der Waals surface area contributed by atoms with E-state index in [1.807, 2.05) is 0 Å². The molecule has 0 saturated heterocycles. The molecule has 4 aromatic rings. The van der Waals surface area contributed by atoms with Crippen molar-refractivity contribution in [3.8, 4) is 5.69 Å². The van der Waals surface area contributed by atoms with Crippen LogP contribution in [0, 0.1) is 0 Å². The van der Waals surface area contributed by atoms with E-state index < -0.39 is 17.3 Å². The zero-order valence-corrected chi connectivity index (χ0v) is 16.2. The molecule has 3 aromatic carbocycles. The lowest BCUT2D eigenvalue weighted by Gasteiger charge is -2.14. The van der Waals surface area contributed by atoms with Gasteiger partial charge < -0.3 is 0 Å². The highest BCUT2D eigenvalue weighted by Gasteiger charge is 2.30. The molecule has 0 radical (unpaired) electrons. The van der Waals surface area contributed by atoms with Gasteiger partial charge in [-0.3, -0.25) is 9.36 Å². The second kappa shape index (κ2) is 7.80. The number of hydrogen-bond acceptors (Lipinski definition) is 2. The summed E-state index contributed by atoms with van der Waals surface area (Å²) in [5.41, 5.74) is -0.0894. The van der Waals surface area contributed by atoms with Crippen molar-refractivity contribution in [1.29, 1.82) is 0 Å². The van der Waals surface area contributed by atoms with E-state index >= 15 is 0 Å². The number of para-hydroxylation sites is 1. The molecule has 7 heteroatoms. The zero-order valence-electron chi connectivity index (χ0n) is 15.4. The standard InChI is InChI=1S/C23H14ClF3N2O/c24-19-10-3-1-6-15(19)12-13-21-28-20-11-4-2-9-18(20)22(30)29(21)17-8-5-7-16(14-17)23(25,26)27/h1-14H. The van der Waals surface area contributed by atoms with E-state index in [4.69, 9.17) is 11.6 Å². The van der Waals surface area contributed by atoms with Crippen molar-refractivity contribution in [3.63, 3.8) is 0 Å². The summed E-state index contributed by atoms with van der Waals surface area (Å²) in [5.74, 6) is 0.193. The molecule has 0 atom stereocenters. The number of benzene rings is 3. The van der Waals surface area contributed by atoms with Crippen molar-refractivity contribution < 1.29 is 13.2 Å². The van der Waals surface area contributed by atoms with E-state index in [0.29, 0.717) is 21.5 Å². The smallest absolute Gasteiger partial charge is 0.268 e. The molecule has 0 saturated carbocycles. The molecule has 30 heavy (non-hydrogen) atoms. The Morgan fingerprint density at radius 1 is 0.900 bits per heavy atom. The van der Waals surface area contributed by atoms with Gasteiger partial charge >= 0.3 is 6.18 Å². The molecule has 0 unspecified atom stereocenters. The van der Waals surface area contributed by atoms with Gasteiger partial charge in [-0.2, -0.15) is 13.2 Å². The van der Waals surface area contributed by atoms with E-state index in [1.54, 1.807) is 60.7 Å². The van der Waals surface area contributed by atoms with Gasteiger partial charge in [0.25, 0.3) is 5.56 Å². The topological polar surface area (TPSA) is 34.9 Å². The largest absolute Gasteiger partial charge is 0.416 e. The second-order valence-corrected chi connectivity index (χ2v) is 6.94. The minimum Gasteiger partial charge on any atom is -0.268 e. The predicted molar refractivity (Wildman–Crippen MR) is 113 cm³/mol. The molecule has 0 aliphatic heterocycles. The highest BCUT2D eigenvalue weighted by Crippen LogP contribution is 2.30. The first-order valence-corrected chi connectivity index (χ1v) is 9.34. The van der Waals surface area contributed by atoms with Crippen LogP contribution in [0.1, 0.15) is 17.0 Å². The van der Waals surface area contributed by atoms with E-state index in [1.165, 1.54) is 16.7 Å². The monoisotopic (exact) mass is 426 g/mol. The Balaban J connectivity index is 1.96. The molecule has 0 fully saturated rings. The van der Waals surface area contributed by atoms with Crippen LogP contribution in [0.3, 0.4) is 0 Å². The molecule has 1 heterocycles. The van der Waals surface area contributed by atoms with Gasteiger partial charge in [0.1, 0.15) is 5.82 Å². The second-order valence-electron chi connectivity index (χ2n) is 6.53. The number of nitrogens with zero attached hydrogens (tertiary/aromatic N) is 2. The number of halogens is 4. The maximum atomic E-state index is 13.2. The van der Waals surface area contributed by atoms with Crippen molar-refractivity contribution in [2.75, 3.05) is 0 Å². The van der Waals surface area contributed by atoms with Gasteiger partial charge in [0.2, 0.25) is 0 Å². The fraction of sp³-hybridized carbons (Fsp3) is 0.0435. The lowest BCUT2D eigenvalue weighted by Crippen LogP contribution is -2.22. The van der Waals surface area contributed by atoms with Gasteiger partial charge in [-0.05, 0) is 54.1 Å². The maximum Gasteiger partial charge on any atom is 0.416 e. The van der Waals surface area contributed by atoms with Crippen molar-refractivity contribution >= 4 is 34.7 Å². The molecule has 3 nitrogen and oxygen atoms in total. The third kappa shape index (κ3) is 3.86. The molecular weight excluding hydrogens is 413 g/mol. The number of hydrogen-bond donors (Lipinski definition) is 0. The Morgan fingerprint density at radius 3 is 2.40 bits per heavy atom. The van der Waals surface area contributed by atoms with Crippen molar-refractivity contribution in [2.24, 2.45) is 0 Å². The van der Waals surface area contributed by atoms with Gasteiger partial charge in [-0.1, -0.05) is 48.0 Å². The predicted octanol–water partition coefficient (Wildman–Crippen LogP) is 6.23. The molecule has 0 N–H and O–H groups in total. The molecule has 0 amide bonds. The van der Waals surface area contributed by atoms with E-state index in [9.17, 15) is 18.0 Å². The lowest BCUT2D eigenvalue weighted by atomic mass is 10.1. The molecular formula is C23H14ClF3N2O. The van der Waals surface area contributed by atoms with Crippen molar-refractivity contribution in [3.05, 3.63) is 105 Å². The summed E-state index contributed by atoms with van der Waals surface area (Å²) < 4.78 is 40.8. The Hall–Kier alpha value is -3.38. The Kier molecular flexibility index (Phi) is 5.18. The normalized spacial score (nSPS) is 12.0. The Morgan fingerprint density at radius 2 is 1.63 bits per heavy atom. The highest BCUT2D eigenvalue weighted by atomic mass is 35.5. The van der Waals surface area contributed by atoms with E-state index in [0.717, 1.165) is 12.1 Å². The molecule has 0 spiro atoms. The Bertz CT molecular complexity index is 1330. The minimum absolute atomic E-state index is 0.0758.